The number of rotatable bonds is 0. The Bertz CT molecular complexity index is 44.5. The molecule has 8 heavy (non-hydrogen) atoms. The molecule has 1 aliphatic rings. The Morgan fingerprint density at radius 3 is 2.25 bits per heavy atom. The van der Waals surface area contributed by atoms with Gasteiger partial charge in [0.25, 0.3) is 0 Å². The van der Waals surface area contributed by atoms with E-state index in [0.29, 0.717) is 6.04 Å². The molecule has 0 spiro atoms. The van der Waals surface area contributed by atoms with Gasteiger partial charge in [0.2, 0.25) is 0 Å². The summed E-state index contributed by atoms with van der Waals surface area (Å²) < 4.78 is 0. The van der Waals surface area contributed by atoms with Crippen molar-refractivity contribution in [1.29, 1.82) is 0 Å². The summed E-state index contributed by atoms with van der Waals surface area (Å²) in [5, 5.41) is 3.15. The Morgan fingerprint density at radius 2 is 2.12 bits per heavy atom. The van der Waals surface area contributed by atoms with Crippen LogP contribution in [0.4, 0.5) is 0 Å². The standard InChI is InChI=1S/C4H10N2.Li.H2N/c5-4-1-2-6-3-4;;/h4,6H,1-3,5H2;;1H2/q;+1;-1. The van der Waals surface area contributed by atoms with Crippen molar-refractivity contribution >= 4 is 0 Å². The smallest absolute Gasteiger partial charge is 0.693 e. The molecule has 1 fully saturated rings. The minimum absolute atomic E-state index is 0. The van der Waals surface area contributed by atoms with Crippen LogP contribution in [-0.4, -0.2) is 19.1 Å². The van der Waals surface area contributed by atoms with E-state index in [2.05, 4.69) is 5.32 Å². The van der Waals surface area contributed by atoms with Crippen molar-refractivity contribution in [2.24, 2.45) is 5.73 Å². The van der Waals surface area contributed by atoms with Crippen LogP contribution in [0.15, 0.2) is 0 Å². The number of nitrogens with two attached hydrogens (primary N) is 2. The van der Waals surface area contributed by atoms with Crippen molar-refractivity contribution in [2.75, 3.05) is 13.1 Å². The average molecular weight is 109 g/mol. The normalized spacial score (nSPS) is 25.9. The molecule has 1 heterocycles. The Balaban J connectivity index is 0. The van der Waals surface area contributed by atoms with Crippen LogP contribution < -0.4 is 29.9 Å². The van der Waals surface area contributed by atoms with Gasteiger partial charge in [0, 0.05) is 12.6 Å². The topological polar surface area (TPSA) is 71.5 Å². The molecule has 0 aliphatic carbocycles. The van der Waals surface area contributed by atoms with Crippen LogP contribution in [0.1, 0.15) is 6.42 Å². The molecule has 1 aliphatic heterocycles. The molecule has 1 saturated heterocycles. The largest absolute Gasteiger partial charge is 1.00 e. The van der Waals surface area contributed by atoms with E-state index >= 15 is 0 Å². The van der Waals surface area contributed by atoms with Crippen LogP contribution >= 0.6 is 0 Å². The molecule has 0 saturated carbocycles. The summed E-state index contributed by atoms with van der Waals surface area (Å²) in [5.41, 5.74) is 5.47. The van der Waals surface area contributed by atoms with Gasteiger partial charge in [-0.1, -0.05) is 0 Å². The maximum atomic E-state index is 5.47. The summed E-state index contributed by atoms with van der Waals surface area (Å²) in [6.07, 6.45) is 1.15. The Morgan fingerprint density at radius 1 is 1.50 bits per heavy atom. The SMILES string of the molecule is NC1CCNC1.[Li+].[NH2-]. The van der Waals surface area contributed by atoms with Crippen molar-refractivity contribution < 1.29 is 18.9 Å². The van der Waals surface area contributed by atoms with Gasteiger partial charge in [-0.15, -0.1) is 0 Å². The molecule has 5 N–H and O–H groups in total. The van der Waals surface area contributed by atoms with Crippen molar-refractivity contribution in [2.45, 2.75) is 12.5 Å². The summed E-state index contributed by atoms with van der Waals surface area (Å²) in [6.45, 7) is 2.13. The monoisotopic (exact) mass is 109 g/mol. The van der Waals surface area contributed by atoms with Crippen molar-refractivity contribution in [3.8, 4) is 0 Å². The van der Waals surface area contributed by atoms with Gasteiger partial charge >= 0.3 is 18.9 Å². The first kappa shape index (κ1) is 11.3. The van der Waals surface area contributed by atoms with Gasteiger partial charge in [0.05, 0.1) is 0 Å². The van der Waals surface area contributed by atoms with Crippen LogP contribution in [0.25, 0.3) is 6.15 Å². The fourth-order valence-corrected chi connectivity index (χ4v) is 0.677. The summed E-state index contributed by atoms with van der Waals surface area (Å²) in [6, 6.07) is 0.435. The van der Waals surface area contributed by atoms with Gasteiger partial charge in [-0.2, -0.15) is 0 Å². The molecule has 0 radical (unpaired) electrons. The van der Waals surface area contributed by atoms with Gasteiger partial charge in [0.15, 0.2) is 0 Å². The molecule has 1 unspecified atom stereocenters. The van der Waals surface area contributed by atoms with Crippen LogP contribution in [0.3, 0.4) is 0 Å². The third kappa shape index (κ3) is 3.48. The average Bonchev–Trinajstić information content (AvgIpc) is 1.86. The van der Waals surface area contributed by atoms with Crippen molar-refractivity contribution in [3.63, 3.8) is 0 Å². The third-order valence-corrected chi connectivity index (χ3v) is 1.10. The number of hydrogen-bond acceptors (Lipinski definition) is 2. The summed E-state index contributed by atoms with van der Waals surface area (Å²) in [7, 11) is 0. The van der Waals surface area contributed by atoms with Crippen molar-refractivity contribution in [1.82, 2.24) is 5.32 Å². The summed E-state index contributed by atoms with van der Waals surface area (Å²) in [5.74, 6) is 0. The van der Waals surface area contributed by atoms with Gasteiger partial charge in [-0.05, 0) is 13.0 Å². The molecule has 44 valence electrons. The number of hydrogen-bond donors (Lipinski definition) is 2. The Hall–Kier alpha value is 0.477. The van der Waals surface area contributed by atoms with E-state index < -0.39 is 0 Å². The van der Waals surface area contributed by atoms with E-state index in [1.165, 1.54) is 0 Å². The maximum absolute atomic E-state index is 5.47. The summed E-state index contributed by atoms with van der Waals surface area (Å²) in [4.78, 5) is 0. The first-order valence-corrected chi connectivity index (χ1v) is 2.36. The van der Waals surface area contributed by atoms with Crippen LogP contribution in [0.5, 0.6) is 0 Å². The predicted octanol–water partition coefficient (Wildman–Crippen LogP) is -2.97. The van der Waals surface area contributed by atoms with Gasteiger partial charge in [-0.3, -0.25) is 0 Å². The van der Waals surface area contributed by atoms with E-state index in [9.17, 15) is 0 Å². The fraction of sp³-hybridized carbons (Fsp3) is 1.00. The number of nitrogens with one attached hydrogen (secondary N) is 1. The van der Waals surface area contributed by atoms with E-state index in [-0.39, 0.29) is 25.0 Å². The quantitative estimate of drug-likeness (QED) is 0.326. The van der Waals surface area contributed by atoms with E-state index in [1.807, 2.05) is 0 Å². The fourth-order valence-electron chi connectivity index (χ4n) is 0.677. The van der Waals surface area contributed by atoms with Crippen LogP contribution in [0, 0.1) is 0 Å². The molecular formula is C4H12LiN3. The van der Waals surface area contributed by atoms with Gasteiger partial charge < -0.3 is 17.2 Å². The first-order chi connectivity index (χ1) is 2.89. The summed E-state index contributed by atoms with van der Waals surface area (Å²) >= 11 is 0. The zero-order chi connectivity index (χ0) is 4.41. The maximum Gasteiger partial charge on any atom is 1.00 e. The third-order valence-electron chi connectivity index (χ3n) is 1.10. The predicted molar refractivity (Wildman–Crippen MR) is 30.7 cm³/mol. The molecular weight excluding hydrogens is 97.0 g/mol. The molecule has 1 atom stereocenters. The Kier molecular flexibility index (Phi) is 7.92. The molecule has 0 amide bonds. The molecule has 3 nitrogen and oxygen atoms in total. The minimum Gasteiger partial charge on any atom is -0.693 e. The molecule has 4 heteroatoms. The van der Waals surface area contributed by atoms with Gasteiger partial charge in [0.1, 0.15) is 0 Å². The second-order valence-corrected chi connectivity index (χ2v) is 1.75. The molecule has 0 aromatic rings. The zero-order valence-electron chi connectivity index (χ0n) is 5.35. The van der Waals surface area contributed by atoms with Gasteiger partial charge in [-0.25, -0.2) is 0 Å². The minimum atomic E-state index is 0. The second-order valence-electron chi connectivity index (χ2n) is 1.75. The van der Waals surface area contributed by atoms with Crippen LogP contribution in [-0.2, 0) is 0 Å². The second kappa shape index (κ2) is 5.61. The van der Waals surface area contributed by atoms with E-state index in [0.717, 1.165) is 19.5 Å². The van der Waals surface area contributed by atoms with Crippen molar-refractivity contribution in [3.05, 3.63) is 6.15 Å². The molecule has 0 aromatic carbocycles. The van der Waals surface area contributed by atoms with E-state index in [4.69, 9.17) is 5.73 Å². The van der Waals surface area contributed by atoms with E-state index in [1.54, 1.807) is 0 Å². The zero-order valence-corrected chi connectivity index (χ0v) is 5.35. The molecule has 1 rings (SSSR count). The molecule has 0 bridgehead atoms. The molecule has 0 aromatic heterocycles. The first-order valence-electron chi connectivity index (χ1n) is 2.36. The van der Waals surface area contributed by atoms with Crippen LogP contribution in [0.2, 0.25) is 0 Å². The Labute approximate surface area is 62.2 Å².